The van der Waals surface area contributed by atoms with Gasteiger partial charge in [0, 0.05) is 14.2 Å². The van der Waals surface area contributed by atoms with Crippen LogP contribution in [0.15, 0.2) is 12.2 Å². The van der Waals surface area contributed by atoms with E-state index < -0.39 is 8.56 Å². The van der Waals surface area contributed by atoms with Crippen LogP contribution in [-0.2, 0) is 8.85 Å². The second-order valence-corrected chi connectivity index (χ2v) is 9.62. The summed E-state index contributed by atoms with van der Waals surface area (Å²) in [6.45, 7) is 4.48. The second-order valence-electron chi connectivity index (χ2n) is 5.62. The molecule has 0 radical (unpaired) electrons. The quantitative estimate of drug-likeness (QED) is 0.542. The molecule has 3 atom stereocenters. The Morgan fingerprint density at radius 1 is 1.19 bits per heavy atom. The standard InChI is InChI=1S/C13H24O2Si/c1-10(2)16(14-3,15-4)9-13-8-11-5-6-12(13)7-11/h5-6,10-13H,7-9H2,1-4H3. The molecule has 0 aromatic rings. The zero-order valence-electron chi connectivity index (χ0n) is 10.9. The topological polar surface area (TPSA) is 18.5 Å². The Bertz CT molecular complexity index is 271. The number of rotatable bonds is 5. The molecule has 1 fully saturated rings. The normalized spacial score (nSPS) is 32.9. The third-order valence-electron chi connectivity index (χ3n) is 4.53. The van der Waals surface area contributed by atoms with Gasteiger partial charge in [-0.05, 0) is 42.2 Å². The molecule has 0 saturated heterocycles. The molecule has 0 heterocycles. The van der Waals surface area contributed by atoms with Crippen LogP contribution in [0.25, 0.3) is 0 Å². The molecular formula is C13H24O2Si. The molecule has 0 spiro atoms. The van der Waals surface area contributed by atoms with Gasteiger partial charge < -0.3 is 8.85 Å². The highest BCUT2D eigenvalue weighted by Crippen LogP contribution is 2.48. The summed E-state index contributed by atoms with van der Waals surface area (Å²) < 4.78 is 11.6. The summed E-state index contributed by atoms with van der Waals surface area (Å²) in [6.07, 6.45) is 7.55. The van der Waals surface area contributed by atoms with E-state index in [4.69, 9.17) is 8.85 Å². The Hall–Kier alpha value is -0.123. The van der Waals surface area contributed by atoms with Gasteiger partial charge in [-0.2, -0.15) is 0 Å². The lowest BCUT2D eigenvalue weighted by atomic mass is 9.96. The number of allylic oxidation sites excluding steroid dienone is 2. The first-order valence-corrected chi connectivity index (χ1v) is 8.50. The van der Waals surface area contributed by atoms with Gasteiger partial charge in [-0.1, -0.05) is 26.0 Å². The summed E-state index contributed by atoms with van der Waals surface area (Å²) in [7, 11) is 1.71. The third-order valence-corrected chi connectivity index (χ3v) is 8.77. The number of hydrogen-bond acceptors (Lipinski definition) is 2. The van der Waals surface area contributed by atoms with E-state index in [1.54, 1.807) is 0 Å². The molecule has 0 aromatic carbocycles. The first-order chi connectivity index (χ1) is 7.61. The molecule has 0 amide bonds. The van der Waals surface area contributed by atoms with Gasteiger partial charge in [-0.3, -0.25) is 0 Å². The van der Waals surface area contributed by atoms with Gasteiger partial charge in [-0.25, -0.2) is 0 Å². The van der Waals surface area contributed by atoms with E-state index >= 15 is 0 Å². The van der Waals surface area contributed by atoms with Crippen LogP contribution in [0.5, 0.6) is 0 Å². The summed E-state index contributed by atoms with van der Waals surface area (Å²) in [5.41, 5.74) is 0.533. The van der Waals surface area contributed by atoms with E-state index in [1.807, 2.05) is 14.2 Å². The molecule has 2 nitrogen and oxygen atoms in total. The van der Waals surface area contributed by atoms with Crippen LogP contribution in [0, 0.1) is 17.8 Å². The van der Waals surface area contributed by atoms with Gasteiger partial charge >= 0.3 is 8.56 Å². The average Bonchev–Trinajstić information content (AvgIpc) is 2.87. The Morgan fingerprint density at radius 2 is 1.88 bits per heavy atom. The molecule has 0 N–H and O–H groups in total. The largest absolute Gasteiger partial charge is 0.397 e. The number of hydrogen-bond donors (Lipinski definition) is 0. The molecule has 3 heteroatoms. The zero-order chi connectivity index (χ0) is 11.8. The fourth-order valence-electron chi connectivity index (χ4n) is 3.45. The van der Waals surface area contributed by atoms with Crippen molar-refractivity contribution in [2.75, 3.05) is 14.2 Å². The van der Waals surface area contributed by atoms with Crippen molar-refractivity contribution in [3.05, 3.63) is 12.2 Å². The summed E-state index contributed by atoms with van der Waals surface area (Å²) in [6, 6.07) is 1.17. The molecular weight excluding hydrogens is 216 g/mol. The van der Waals surface area contributed by atoms with Crippen LogP contribution < -0.4 is 0 Å². The molecule has 16 heavy (non-hydrogen) atoms. The van der Waals surface area contributed by atoms with Gasteiger partial charge in [-0.15, -0.1) is 0 Å². The van der Waals surface area contributed by atoms with Gasteiger partial charge in [0.1, 0.15) is 0 Å². The first kappa shape index (κ1) is 12.3. The highest BCUT2D eigenvalue weighted by molar-refractivity contribution is 6.68. The zero-order valence-corrected chi connectivity index (χ0v) is 11.9. The fraction of sp³-hybridized carbons (Fsp3) is 0.846. The van der Waals surface area contributed by atoms with Crippen molar-refractivity contribution < 1.29 is 8.85 Å². The predicted molar refractivity (Wildman–Crippen MR) is 68.5 cm³/mol. The Kier molecular flexibility index (Phi) is 3.57. The third kappa shape index (κ3) is 2.00. The van der Waals surface area contributed by atoms with Crippen LogP contribution >= 0.6 is 0 Å². The summed E-state index contributed by atoms with van der Waals surface area (Å²) in [4.78, 5) is 0. The van der Waals surface area contributed by atoms with E-state index in [1.165, 1.54) is 18.9 Å². The lowest BCUT2D eigenvalue weighted by Gasteiger charge is -2.35. The molecule has 2 bridgehead atoms. The van der Waals surface area contributed by atoms with Crippen molar-refractivity contribution >= 4 is 8.56 Å². The maximum atomic E-state index is 5.81. The first-order valence-electron chi connectivity index (χ1n) is 6.40. The van der Waals surface area contributed by atoms with E-state index in [-0.39, 0.29) is 0 Å². The predicted octanol–water partition coefficient (Wildman–Crippen LogP) is 3.34. The molecule has 0 aromatic heterocycles. The second kappa shape index (κ2) is 4.63. The molecule has 2 aliphatic rings. The Balaban J connectivity index is 2.04. The lowest BCUT2D eigenvalue weighted by molar-refractivity contribution is 0.221. The highest BCUT2D eigenvalue weighted by atomic mass is 28.4. The van der Waals surface area contributed by atoms with Crippen molar-refractivity contribution in [1.82, 2.24) is 0 Å². The minimum absolute atomic E-state index is 0.533. The maximum Gasteiger partial charge on any atom is 0.340 e. The number of fused-ring (bicyclic) bond motifs is 2. The summed E-state index contributed by atoms with van der Waals surface area (Å²) >= 11 is 0. The van der Waals surface area contributed by atoms with E-state index in [0.717, 1.165) is 17.8 Å². The average molecular weight is 240 g/mol. The van der Waals surface area contributed by atoms with Crippen LogP contribution in [0.4, 0.5) is 0 Å². The van der Waals surface area contributed by atoms with Crippen LogP contribution in [0.3, 0.4) is 0 Å². The summed E-state index contributed by atoms with van der Waals surface area (Å²) in [5.74, 6) is 2.47. The van der Waals surface area contributed by atoms with E-state index in [9.17, 15) is 0 Å². The lowest BCUT2D eigenvalue weighted by Crippen LogP contribution is -2.45. The fourth-order valence-corrected chi connectivity index (χ4v) is 6.57. The molecule has 1 saturated carbocycles. The molecule has 3 unspecified atom stereocenters. The minimum Gasteiger partial charge on any atom is -0.397 e. The molecule has 92 valence electrons. The smallest absolute Gasteiger partial charge is 0.340 e. The SMILES string of the molecule is CO[Si](CC1CC2C=CC1C2)(OC)C(C)C. The van der Waals surface area contributed by atoms with Crippen molar-refractivity contribution in [1.29, 1.82) is 0 Å². The molecule has 2 rings (SSSR count). The van der Waals surface area contributed by atoms with Gasteiger partial charge in [0.2, 0.25) is 0 Å². The van der Waals surface area contributed by atoms with Gasteiger partial charge in [0.15, 0.2) is 0 Å². The molecule has 2 aliphatic carbocycles. The van der Waals surface area contributed by atoms with E-state index in [0.29, 0.717) is 5.54 Å². The van der Waals surface area contributed by atoms with Crippen LogP contribution in [0.2, 0.25) is 11.6 Å². The van der Waals surface area contributed by atoms with Crippen LogP contribution in [0.1, 0.15) is 26.7 Å². The van der Waals surface area contributed by atoms with Crippen molar-refractivity contribution in [2.45, 2.75) is 38.3 Å². The molecule has 0 aliphatic heterocycles. The summed E-state index contributed by atoms with van der Waals surface area (Å²) in [5, 5.41) is 0. The van der Waals surface area contributed by atoms with Crippen molar-refractivity contribution in [3.8, 4) is 0 Å². The van der Waals surface area contributed by atoms with Gasteiger partial charge in [0.05, 0.1) is 0 Å². The Morgan fingerprint density at radius 3 is 2.25 bits per heavy atom. The van der Waals surface area contributed by atoms with Crippen molar-refractivity contribution in [2.24, 2.45) is 17.8 Å². The Labute approximate surface area is 100 Å². The highest BCUT2D eigenvalue weighted by Gasteiger charge is 2.46. The van der Waals surface area contributed by atoms with Crippen LogP contribution in [-0.4, -0.2) is 22.8 Å². The van der Waals surface area contributed by atoms with Crippen molar-refractivity contribution in [3.63, 3.8) is 0 Å². The maximum absolute atomic E-state index is 5.81. The van der Waals surface area contributed by atoms with E-state index in [2.05, 4.69) is 26.0 Å². The monoisotopic (exact) mass is 240 g/mol. The minimum atomic E-state index is -1.96. The van der Waals surface area contributed by atoms with Gasteiger partial charge in [0.25, 0.3) is 0 Å².